The van der Waals surface area contributed by atoms with E-state index in [1.54, 1.807) is 6.07 Å². The highest BCUT2D eigenvalue weighted by Crippen LogP contribution is 2.23. The Balaban J connectivity index is 2.40. The molecule has 86 valence electrons. The van der Waals surface area contributed by atoms with Crippen molar-refractivity contribution in [3.63, 3.8) is 0 Å². The number of carbonyl (C=O) groups is 1. The fourth-order valence-corrected chi connectivity index (χ4v) is 2.06. The Bertz CT molecular complexity index is 431. The summed E-state index contributed by atoms with van der Waals surface area (Å²) >= 11 is 0. The normalized spacial score (nSPS) is 19.2. The van der Waals surface area contributed by atoms with Gasteiger partial charge in [-0.15, -0.1) is 0 Å². The van der Waals surface area contributed by atoms with Crippen molar-refractivity contribution in [2.75, 3.05) is 0 Å². The van der Waals surface area contributed by atoms with Crippen molar-refractivity contribution < 1.29 is 14.3 Å². The molecule has 0 bridgehead atoms. The average Bonchev–Trinajstić information content (AvgIpc) is 2.28. The highest BCUT2D eigenvalue weighted by Gasteiger charge is 2.21. The van der Waals surface area contributed by atoms with Gasteiger partial charge >= 0.3 is 5.97 Å². The average molecular weight is 223 g/mol. The monoisotopic (exact) mass is 223 g/mol. The minimum Gasteiger partial charge on any atom is -0.478 e. The molecule has 3 nitrogen and oxygen atoms in total. The fourth-order valence-electron chi connectivity index (χ4n) is 2.06. The Labute approximate surface area is 93.3 Å². The lowest BCUT2D eigenvalue weighted by atomic mass is 9.92. The summed E-state index contributed by atoms with van der Waals surface area (Å²) in [6, 6.07) is 2.96. The van der Waals surface area contributed by atoms with E-state index in [2.05, 4.69) is 5.32 Å². The van der Waals surface area contributed by atoms with Crippen LogP contribution >= 0.6 is 0 Å². The van der Waals surface area contributed by atoms with Crippen LogP contribution in [0.15, 0.2) is 12.1 Å². The van der Waals surface area contributed by atoms with Gasteiger partial charge in [0.1, 0.15) is 5.82 Å². The molecule has 0 aliphatic carbocycles. The molecule has 0 saturated heterocycles. The zero-order valence-corrected chi connectivity index (χ0v) is 9.09. The van der Waals surface area contributed by atoms with E-state index < -0.39 is 11.8 Å². The summed E-state index contributed by atoms with van der Waals surface area (Å²) in [7, 11) is 0. The lowest BCUT2D eigenvalue weighted by Gasteiger charge is -2.25. The number of hydrogen-bond donors (Lipinski definition) is 2. The summed E-state index contributed by atoms with van der Waals surface area (Å²) in [6.07, 6.45) is 1.58. The summed E-state index contributed by atoms with van der Waals surface area (Å²) in [5, 5.41) is 12.1. The zero-order chi connectivity index (χ0) is 11.7. The van der Waals surface area contributed by atoms with Crippen LogP contribution in [0.2, 0.25) is 0 Å². The van der Waals surface area contributed by atoms with Crippen LogP contribution in [-0.2, 0) is 13.0 Å². The van der Waals surface area contributed by atoms with Gasteiger partial charge in [0.05, 0.1) is 5.56 Å². The SMILES string of the molecule is CC[C@@H]1Cc2c(F)cc(C(=O)O)cc2CN1. The number of carboxylic acids is 1. The lowest BCUT2D eigenvalue weighted by Crippen LogP contribution is -2.35. The van der Waals surface area contributed by atoms with Gasteiger partial charge in [-0.3, -0.25) is 0 Å². The summed E-state index contributed by atoms with van der Waals surface area (Å²) in [6.45, 7) is 2.60. The van der Waals surface area contributed by atoms with Gasteiger partial charge in [0, 0.05) is 12.6 Å². The molecule has 1 aliphatic heterocycles. The summed E-state index contributed by atoms with van der Waals surface area (Å²) in [5.41, 5.74) is 1.45. The Morgan fingerprint density at radius 2 is 2.38 bits per heavy atom. The summed E-state index contributed by atoms with van der Waals surface area (Å²) in [4.78, 5) is 10.8. The number of carboxylic acid groups (broad SMARTS) is 1. The molecule has 1 aromatic carbocycles. The van der Waals surface area contributed by atoms with E-state index in [0.717, 1.165) is 18.1 Å². The van der Waals surface area contributed by atoms with E-state index in [-0.39, 0.29) is 11.6 Å². The van der Waals surface area contributed by atoms with E-state index in [9.17, 15) is 9.18 Å². The topological polar surface area (TPSA) is 49.3 Å². The third-order valence-electron chi connectivity index (χ3n) is 3.06. The molecule has 1 aromatic rings. The molecule has 0 spiro atoms. The largest absolute Gasteiger partial charge is 0.478 e. The number of nitrogens with one attached hydrogen (secondary N) is 1. The van der Waals surface area contributed by atoms with Crippen molar-refractivity contribution in [3.05, 3.63) is 34.6 Å². The van der Waals surface area contributed by atoms with Crippen LogP contribution in [0.3, 0.4) is 0 Å². The molecule has 1 aliphatic rings. The molecule has 16 heavy (non-hydrogen) atoms. The van der Waals surface area contributed by atoms with Gasteiger partial charge in [-0.25, -0.2) is 9.18 Å². The van der Waals surface area contributed by atoms with Crippen LogP contribution in [0, 0.1) is 5.82 Å². The molecular formula is C12H14FNO2. The maximum Gasteiger partial charge on any atom is 0.335 e. The molecule has 4 heteroatoms. The van der Waals surface area contributed by atoms with Gasteiger partial charge in [-0.1, -0.05) is 6.92 Å². The number of rotatable bonds is 2. The van der Waals surface area contributed by atoms with Crippen molar-refractivity contribution in [1.29, 1.82) is 0 Å². The standard InChI is InChI=1S/C12H14FNO2/c1-2-9-5-10-8(6-14-9)3-7(12(15)16)4-11(10)13/h3-4,9,14H,2,5-6H2,1H3,(H,15,16)/t9-/m1/s1. The van der Waals surface area contributed by atoms with E-state index in [0.29, 0.717) is 18.5 Å². The second kappa shape index (κ2) is 4.22. The van der Waals surface area contributed by atoms with Crippen molar-refractivity contribution in [1.82, 2.24) is 5.32 Å². The van der Waals surface area contributed by atoms with Crippen LogP contribution in [-0.4, -0.2) is 17.1 Å². The van der Waals surface area contributed by atoms with Gasteiger partial charge in [0.2, 0.25) is 0 Å². The lowest BCUT2D eigenvalue weighted by molar-refractivity contribution is 0.0696. The summed E-state index contributed by atoms with van der Waals surface area (Å²) in [5.74, 6) is -1.48. The molecule has 2 N–H and O–H groups in total. The Morgan fingerprint density at radius 3 is 3.00 bits per heavy atom. The number of fused-ring (bicyclic) bond motifs is 1. The summed E-state index contributed by atoms with van der Waals surface area (Å²) < 4.78 is 13.7. The van der Waals surface area contributed by atoms with Crippen molar-refractivity contribution in [3.8, 4) is 0 Å². The second-order valence-corrected chi connectivity index (χ2v) is 4.09. The molecule has 0 amide bonds. The van der Waals surface area contributed by atoms with E-state index in [4.69, 9.17) is 5.11 Å². The van der Waals surface area contributed by atoms with Gasteiger partial charge in [0.15, 0.2) is 0 Å². The van der Waals surface area contributed by atoms with Crippen molar-refractivity contribution in [2.24, 2.45) is 0 Å². The number of halogens is 1. The highest BCUT2D eigenvalue weighted by atomic mass is 19.1. The maximum absolute atomic E-state index is 13.7. The van der Waals surface area contributed by atoms with Crippen LogP contribution in [0.1, 0.15) is 34.8 Å². The van der Waals surface area contributed by atoms with Crippen molar-refractivity contribution in [2.45, 2.75) is 32.4 Å². The van der Waals surface area contributed by atoms with E-state index in [1.807, 2.05) is 6.92 Å². The van der Waals surface area contributed by atoms with Crippen molar-refractivity contribution >= 4 is 5.97 Å². The van der Waals surface area contributed by atoms with E-state index in [1.165, 1.54) is 0 Å². The Hall–Kier alpha value is -1.42. The van der Waals surface area contributed by atoms with Gasteiger partial charge < -0.3 is 10.4 Å². The third-order valence-corrected chi connectivity index (χ3v) is 3.06. The second-order valence-electron chi connectivity index (χ2n) is 4.09. The molecule has 2 rings (SSSR count). The Kier molecular flexibility index (Phi) is 2.92. The van der Waals surface area contributed by atoms with Crippen LogP contribution in [0.5, 0.6) is 0 Å². The number of hydrogen-bond acceptors (Lipinski definition) is 2. The minimum atomic E-state index is -1.08. The van der Waals surface area contributed by atoms with Crippen LogP contribution < -0.4 is 5.32 Å². The van der Waals surface area contributed by atoms with Crippen LogP contribution in [0.25, 0.3) is 0 Å². The number of benzene rings is 1. The predicted octanol–water partition coefficient (Wildman–Crippen LogP) is 1.95. The quantitative estimate of drug-likeness (QED) is 0.805. The fraction of sp³-hybridized carbons (Fsp3) is 0.417. The molecule has 0 aromatic heterocycles. The smallest absolute Gasteiger partial charge is 0.335 e. The molecular weight excluding hydrogens is 209 g/mol. The maximum atomic E-state index is 13.7. The first-order valence-electron chi connectivity index (χ1n) is 5.39. The molecule has 1 atom stereocenters. The molecule has 1 heterocycles. The van der Waals surface area contributed by atoms with Crippen LogP contribution in [0.4, 0.5) is 4.39 Å². The minimum absolute atomic E-state index is 0.0213. The molecule has 0 fully saturated rings. The first-order valence-corrected chi connectivity index (χ1v) is 5.39. The first kappa shape index (κ1) is 11.1. The first-order chi connectivity index (χ1) is 7.61. The molecule has 0 unspecified atom stereocenters. The van der Waals surface area contributed by atoms with Gasteiger partial charge in [0.25, 0.3) is 0 Å². The Morgan fingerprint density at radius 1 is 1.62 bits per heavy atom. The number of aromatic carboxylic acids is 1. The van der Waals surface area contributed by atoms with E-state index >= 15 is 0 Å². The third kappa shape index (κ3) is 1.93. The highest BCUT2D eigenvalue weighted by molar-refractivity contribution is 5.88. The van der Waals surface area contributed by atoms with Gasteiger partial charge in [-0.2, -0.15) is 0 Å². The zero-order valence-electron chi connectivity index (χ0n) is 9.09. The molecule has 0 saturated carbocycles. The molecule has 0 radical (unpaired) electrons. The predicted molar refractivity (Wildman–Crippen MR) is 58.0 cm³/mol. The van der Waals surface area contributed by atoms with Gasteiger partial charge in [-0.05, 0) is 36.1 Å².